The molecule has 1 N–H and O–H groups in total. The molecule has 0 aromatic heterocycles. The lowest BCUT2D eigenvalue weighted by molar-refractivity contribution is -0.139. The minimum Gasteiger partial charge on any atom is -0.481 e. The van der Waals surface area contributed by atoms with E-state index in [0.29, 0.717) is 11.3 Å². The largest absolute Gasteiger partial charge is 0.481 e. The van der Waals surface area contributed by atoms with Crippen molar-refractivity contribution in [1.82, 2.24) is 4.90 Å². The molecule has 0 fully saturated rings. The maximum absolute atomic E-state index is 12.1. The number of hydrogen-bond donors (Lipinski definition) is 1. The summed E-state index contributed by atoms with van der Waals surface area (Å²) in [6.45, 7) is 5.14. The normalized spacial score (nSPS) is 12.4. The Morgan fingerprint density at radius 3 is 2.75 bits per heavy atom. The second kappa shape index (κ2) is 6.40. The molecule has 0 heterocycles. The van der Waals surface area contributed by atoms with E-state index in [0.717, 1.165) is 0 Å². The highest BCUT2D eigenvalue weighted by Gasteiger charge is 2.24. The van der Waals surface area contributed by atoms with Crippen LogP contribution in [0.15, 0.2) is 24.3 Å². The van der Waals surface area contributed by atoms with Gasteiger partial charge in [-0.3, -0.25) is 4.79 Å². The van der Waals surface area contributed by atoms with E-state index in [1.54, 1.807) is 52.1 Å². The van der Waals surface area contributed by atoms with Crippen LogP contribution < -0.4 is 4.74 Å². The first-order chi connectivity index (χ1) is 9.23. The second-order valence-corrected chi connectivity index (χ2v) is 5.41. The molecular formula is C15H20N2O3. The zero-order valence-electron chi connectivity index (χ0n) is 12.3. The fraction of sp³-hybridized carbons (Fsp3) is 0.467. The van der Waals surface area contributed by atoms with E-state index in [4.69, 9.17) is 10.00 Å². The van der Waals surface area contributed by atoms with Crippen LogP contribution in [0, 0.1) is 11.3 Å². The van der Waals surface area contributed by atoms with Crippen molar-refractivity contribution >= 4 is 5.91 Å². The molecule has 0 aliphatic heterocycles. The molecule has 5 nitrogen and oxygen atoms in total. The van der Waals surface area contributed by atoms with Crippen LogP contribution in [0.4, 0.5) is 0 Å². The second-order valence-electron chi connectivity index (χ2n) is 5.41. The van der Waals surface area contributed by atoms with Crippen molar-refractivity contribution in [3.05, 3.63) is 29.8 Å². The molecule has 0 saturated heterocycles. The summed E-state index contributed by atoms with van der Waals surface area (Å²) in [6.07, 6.45) is -0.684. The molecule has 0 aliphatic rings. The Morgan fingerprint density at radius 1 is 1.55 bits per heavy atom. The molecule has 5 heteroatoms. The van der Waals surface area contributed by atoms with Gasteiger partial charge in [0.1, 0.15) is 5.75 Å². The van der Waals surface area contributed by atoms with Crippen molar-refractivity contribution in [3.63, 3.8) is 0 Å². The Morgan fingerprint density at radius 2 is 2.20 bits per heavy atom. The highest BCUT2D eigenvalue weighted by Crippen LogP contribution is 2.15. The SMILES string of the molecule is CC(Oc1cccc(C#N)c1)C(=O)N(C)CC(C)(C)O. The number of carbonyl (C=O) groups is 1. The Kier molecular flexibility index (Phi) is 5.12. The third-order valence-electron chi connectivity index (χ3n) is 2.62. The first kappa shape index (κ1) is 16.0. The first-order valence-electron chi connectivity index (χ1n) is 6.37. The molecule has 0 aliphatic carbocycles. The summed E-state index contributed by atoms with van der Waals surface area (Å²) < 4.78 is 5.53. The quantitative estimate of drug-likeness (QED) is 0.885. The van der Waals surface area contributed by atoms with Gasteiger partial charge in [-0.05, 0) is 39.0 Å². The van der Waals surface area contributed by atoms with Gasteiger partial charge in [-0.15, -0.1) is 0 Å². The Labute approximate surface area is 119 Å². The third kappa shape index (κ3) is 4.90. The monoisotopic (exact) mass is 276 g/mol. The summed E-state index contributed by atoms with van der Waals surface area (Å²) in [7, 11) is 1.62. The van der Waals surface area contributed by atoms with Gasteiger partial charge in [-0.2, -0.15) is 5.26 Å². The number of benzene rings is 1. The molecule has 1 aromatic carbocycles. The van der Waals surface area contributed by atoms with Crippen molar-refractivity contribution in [2.45, 2.75) is 32.5 Å². The summed E-state index contributed by atoms with van der Waals surface area (Å²) in [6, 6.07) is 8.66. The van der Waals surface area contributed by atoms with Gasteiger partial charge in [0.15, 0.2) is 6.10 Å². The average molecular weight is 276 g/mol. The number of amides is 1. The summed E-state index contributed by atoms with van der Waals surface area (Å²) >= 11 is 0. The summed E-state index contributed by atoms with van der Waals surface area (Å²) in [5.74, 6) is 0.246. The molecule has 0 bridgehead atoms. The Bertz CT molecular complexity index is 515. The average Bonchev–Trinajstić information content (AvgIpc) is 2.36. The number of carbonyl (C=O) groups excluding carboxylic acids is 1. The van der Waals surface area contributed by atoms with Crippen molar-refractivity contribution < 1.29 is 14.6 Å². The van der Waals surface area contributed by atoms with Crippen LogP contribution in [0.5, 0.6) is 5.75 Å². The van der Waals surface area contributed by atoms with E-state index in [-0.39, 0.29) is 12.5 Å². The van der Waals surface area contributed by atoms with Gasteiger partial charge in [0, 0.05) is 13.6 Å². The standard InChI is InChI=1S/C15H20N2O3/c1-11(14(18)17(4)10-15(2,3)19)20-13-7-5-6-12(8-13)9-16/h5-8,11,19H,10H2,1-4H3. The molecule has 20 heavy (non-hydrogen) atoms. The van der Waals surface area contributed by atoms with Crippen LogP contribution in [0.25, 0.3) is 0 Å². The van der Waals surface area contributed by atoms with E-state index in [1.165, 1.54) is 4.90 Å². The maximum Gasteiger partial charge on any atom is 0.263 e. The Balaban J connectivity index is 2.68. The zero-order valence-corrected chi connectivity index (χ0v) is 12.3. The first-order valence-corrected chi connectivity index (χ1v) is 6.37. The summed E-state index contributed by atoms with van der Waals surface area (Å²) in [5, 5.41) is 18.5. The van der Waals surface area contributed by atoms with Crippen LogP contribution >= 0.6 is 0 Å². The molecule has 1 atom stereocenters. The zero-order chi connectivity index (χ0) is 15.3. The number of nitrogens with zero attached hydrogens (tertiary/aromatic N) is 2. The topological polar surface area (TPSA) is 73.6 Å². The molecule has 0 spiro atoms. The molecule has 108 valence electrons. The lowest BCUT2D eigenvalue weighted by Crippen LogP contribution is -2.44. The van der Waals surface area contributed by atoms with Gasteiger partial charge in [0.2, 0.25) is 0 Å². The van der Waals surface area contributed by atoms with Crippen molar-refractivity contribution in [3.8, 4) is 11.8 Å². The highest BCUT2D eigenvalue weighted by atomic mass is 16.5. The van der Waals surface area contributed by atoms with E-state index < -0.39 is 11.7 Å². The van der Waals surface area contributed by atoms with Gasteiger partial charge >= 0.3 is 0 Å². The van der Waals surface area contributed by atoms with Crippen molar-refractivity contribution in [2.75, 3.05) is 13.6 Å². The lowest BCUT2D eigenvalue weighted by atomic mass is 10.1. The van der Waals surface area contributed by atoms with Crippen LogP contribution in [0.2, 0.25) is 0 Å². The molecule has 0 saturated carbocycles. The Hall–Kier alpha value is -2.06. The number of likely N-dealkylation sites (N-methyl/N-ethyl adjacent to an activating group) is 1. The van der Waals surface area contributed by atoms with Gasteiger partial charge in [-0.25, -0.2) is 0 Å². The maximum atomic E-state index is 12.1. The van der Waals surface area contributed by atoms with Gasteiger partial charge < -0.3 is 14.7 Å². The number of ether oxygens (including phenoxy) is 1. The number of hydrogen-bond acceptors (Lipinski definition) is 4. The highest BCUT2D eigenvalue weighted by molar-refractivity contribution is 5.80. The van der Waals surface area contributed by atoms with E-state index in [2.05, 4.69) is 0 Å². The molecule has 1 unspecified atom stereocenters. The van der Waals surface area contributed by atoms with Crippen molar-refractivity contribution in [1.29, 1.82) is 5.26 Å². The van der Waals surface area contributed by atoms with Crippen LogP contribution in [0.1, 0.15) is 26.3 Å². The predicted octanol–water partition coefficient (Wildman–Crippen LogP) is 1.55. The smallest absolute Gasteiger partial charge is 0.263 e. The van der Waals surface area contributed by atoms with Gasteiger partial charge in [0.05, 0.1) is 17.2 Å². The van der Waals surface area contributed by atoms with E-state index in [1.807, 2.05) is 6.07 Å². The fourth-order valence-electron chi connectivity index (χ4n) is 1.86. The molecule has 0 radical (unpaired) electrons. The minimum atomic E-state index is -0.954. The predicted molar refractivity (Wildman–Crippen MR) is 75.2 cm³/mol. The van der Waals surface area contributed by atoms with Gasteiger partial charge in [-0.1, -0.05) is 6.07 Å². The molecular weight excluding hydrogens is 256 g/mol. The molecule has 1 amide bonds. The van der Waals surface area contributed by atoms with Crippen LogP contribution in [0.3, 0.4) is 0 Å². The minimum absolute atomic E-state index is 0.220. The van der Waals surface area contributed by atoms with Crippen molar-refractivity contribution in [2.24, 2.45) is 0 Å². The van der Waals surface area contributed by atoms with Crippen LogP contribution in [-0.4, -0.2) is 41.2 Å². The van der Waals surface area contributed by atoms with Gasteiger partial charge in [0.25, 0.3) is 5.91 Å². The molecule has 1 rings (SSSR count). The van der Waals surface area contributed by atoms with Crippen LogP contribution in [-0.2, 0) is 4.79 Å². The summed E-state index contributed by atoms with van der Waals surface area (Å²) in [5.41, 5.74) is -0.475. The molecule has 1 aromatic rings. The number of nitriles is 1. The third-order valence-corrected chi connectivity index (χ3v) is 2.62. The van der Waals surface area contributed by atoms with E-state index in [9.17, 15) is 9.90 Å². The number of aliphatic hydroxyl groups is 1. The fourth-order valence-corrected chi connectivity index (χ4v) is 1.86. The number of rotatable bonds is 5. The lowest BCUT2D eigenvalue weighted by Gasteiger charge is -2.27. The summed E-state index contributed by atoms with van der Waals surface area (Å²) in [4.78, 5) is 13.5. The van der Waals surface area contributed by atoms with E-state index >= 15 is 0 Å².